The number of carbonyl (C=O) groups is 1. The van der Waals surface area contributed by atoms with Crippen LogP contribution in [-0.4, -0.2) is 20.5 Å². The van der Waals surface area contributed by atoms with Gasteiger partial charge in [0.1, 0.15) is 11.5 Å². The zero-order valence-electron chi connectivity index (χ0n) is 10.7. The smallest absolute Gasteiger partial charge is 0.274 e. The van der Waals surface area contributed by atoms with Crippen molar-refractivity contribution >= 4 is 17.2 Å². The Morgan fingerprint density at radius 1 is 1.30 bits per heavy atom. The van der Waals surface area contributed by atoms with Crippen molar-refractivity contribution in [2.24, 2.45) is 0 Å². The molecule has 2 heterocycles. The van der Waals surface area contributed by atoms with E-state index < -0.39 is 5.82 Å². The van der Waals surface area contributed by atoms with Crippen LogP contribution in [0.2, 0.25) is 0 Å². The fourth-order valence-corrected chi connectivity index (χ4v) is 1.94. The molecule has 0 radical (unpaired) electrons. The molecule has 0 atom stereocenters. The second-order valence-corrected chi connectivity index (χ2v) is 4.35. The van der Waals surface area contributed by atoms with E-state index in [4.69, 9.17) is 0 Å². The van der Waals surface area contributed by atoms with Crippen LogP contribution in [0.5, 0.6) is 0 Å². The maximum absolute atomic E-state index is 13.1. The summed E-state index contributed by atoms with van der Waals surface area (Å²) in [5.41, 5.74) is 2.09. The summed E-state index contributed by atoms with van der Waals surface area (Å²) in [6, 6.07) is 9.06. The summed E-state index contributed by atoms with van der Waals surface area (Å²) in [6.07, 6.45) is 1.54. The van der Waals surface area contributed by atoms with Gasteiger partial charge in [-0.1, -0.05) is 6.07 Å². The summed E-state index contributed by atoms with van der Waals surface area (Å²) in [5.74, 6) is -0.774. The number of hydrogen-bond acceptors (Lipinski definition) is 3. The molecule has 6 heteroatoms. The first kappa shape index (κ1) is 12.3. The van der Waals surface area contributed by atoms with E-state index in [1.807, 2.05) is 6.92 Å². The van der Waals surface area contributed by atoms with Gasteiger partial charge in [-0.25, -0.2) is 13.9 Å². The molecular formula is C14H11FN4O. The molecule has 0 bridgehead atoms. The van der Waals surface area contributed by atoms with E-state index in [9.17, 15) is 9.18 Å². The van der Waals surface area contributed by atoms with Gasteiger partial charge < -0.3 is 5.32 Å². The molecule has 0 aliphatic rings. The molecule has 0 saturated carbocycles. The molecule has 0 unspecified atom stereocenters. The van der Waals surface area contributed by atoms with Crippen molar-refractivity contribution in [2.75, 3.05) is 5.32 Å². The highest BCUT2D eigenvalue weighted by Crippen LogP contribution is 2.12. The summed E-state index contributed by atoms with van der Waals surface area (Å²) in [4.78, 5) is 16.4. The predicted octanol–water partition coefficient (Wildman–Crippen LogP) is 2.43. The van der Waals surface area contributed by atoms with Crippen LogP contribution in [0.1, 0.15) is 16.2 Å². The average molecular weight is 270 g/mol. The Morgan fingerprint density at radius 3 is 2.95 bits per heavy atom. The highest BCUT2D eigenvalue weighted by molar-refractivity contribution is 6.03. The zero-order valence-corrected chi connectivity index (χ0v) is 10.7. The van der Waals surface area contributed by atoms with Gasteiger partial charge in [0.15, 0.2) is 5.65 Å². The van der Waals surface area contributed by atoms with Gasteiger partial charge in [-0.05, 0) is 31.2 Å². The summed E-state index contributed by atoms with van der Waals surface area (Å²) < 4.78 is 14.6. The Balaban J connectivity index is 1.96. The Kier molecular flexibility index (Phi) is 2.90. The predicted molar refractivity (Wildman–Crippen MR) is 72.1 cm³/mol. The van der Waals surface area contributed by atoms with Crippen molar-refractivity contribution in [3.63, 3.8) is 0 Å². The van der Waals surface area contributed by atoms with Crippen molar-refractivity contribution in [3.05, 3.63) is 59.8 Å². The van der Waals surface area contributed by atoms with Crippen molar-refractivity contribution in [1.82, 2.24) is 14.6 Å². The van der Waals surface area contributed by atoms with Crippen LogP contribution < -0.4 is 5.32 Å². The number of carbonyl (C=O) groups excluding carboxylic acids is 1. The molecule has 3 aromatic rings. The van der Waals surface area contributed by atoms with Gasteiger partial charge in [-0.2, -0.15) is 5.10 Å². The van der Waals surface area contributed by atoms with E-state index in [-0.39, 0.29) is 5.91 Å². The maximum atomic E-state index is 13.1. The zero-order chi connectivity index (χ0) is 14.1. The monoisotopic (exact) mass is 270 g/mol. The molecule has 5 nitrogen and oxygen atoms in total. The standard InChI is InChI=1S/C14H11FN4O/c1-9-7-13-16-6-5-12(19(13)18-9)14(20)17-11-4-2-3-10(15)8-11/h2-8H,1H3,(H,17,20). The lowest BCUT2D eigenvalue weighted by molar-refractivity contribution is 0.102. The van der Waals surface area contributed by atoms with Crippen molar-refractivity contribution in [1.29, 1.82) is 0 Å². The third kappa shape index (κ3) is 2.23. The lowest BCUT2D eigenvalue weighted by Crippen LogP contribution is -2.16. The van der Waals surface area contributed by atoms with Gasteiger partial charge in [0, 0.05) is 18.0 Å². The summed E-state index contributed by atoms with van der Waals surface area (Å²) in [7, 11) is 0. The minimum Gasteiger partial charge on any atom is -0.321 e. The molecule has 0 spiro atoms. The molecule has 1 aromatic carbocycles. The Labute approximate surface area is 114 Å². The van der Waals surface area contributed by atoms with Crippen LogP contribution in [0, 0.1) is 12.7 Å². The molecule has 3 rings (SSSR count). The van der Waals surface area contributed by atoms with Crippen LogP contribution >= 0.6 is 0 Å². The molecule has 1 amide bonds. The number of hydrogen-bond donors (Lipinski definition) is 1. The number of halogens is 1. The summed E-state index contributed by atoms with van der Waals surface area (Å²) in [6.45, 7) is 1.82. The van der Waals surface area contributed by atoms with Gasteiger partial charge in [-0.15, -0.1) is 0 Å². The largest absolute Gasteiger partial charge is 0.321 e. The van der Waals surface area contributed by atoms with E-state index >= 15 is 0 Å². The summed E-state index contributed by atoms with van der Waals surface area (Å²) in [5, 5.41) is 6.85. The maximum Gasteiger partial charge on any atom is 0.274 e. The fraction of sp³-hybridized carbons (Fsp3) is 0.0714. The van der Waals surface area contributed by atoms with Crippen molar-refractivity contribution < 1.29 is 9.18 Å². The number of nitrogens with one attached hydrogen (secondary N) is 1. The normalized spacial score (nSPS) is 10.7. The number of aromatic nitrogens is 3. The first-order chi connectivity index (χ1) is 9.63. The number of benzene rings is 1. The topological polar surface area (TPSA) is 59.3 Å². The van der Waals surface area contributed by atoms with Crippen LogP contribution in [-0.2, 0) is 0 Å². The third-order valence-corrected chi connectivity index (χ3v) is 2.80. The number of rotatable bonds is 2. The Bertz CT molecular complexity index is 797. The van der Waals surface area contributed by atoms with Gasteiger partial charge in [0.05, 0.1) is 5.69 Å². The Morgan fingerprint density at radius 2 is 2.15 bits per heavy atom. The van der Waals surface area contributed by atoms with Crippen LogP contribution in [0.25, 0.3) is 5.65 Å². The van der Waals surface area contributed by atoms with Crippen LogP contribution in [0.15, 0.2) is 42.6 Å². The summed E-state index contributed by atoms with van der Waals surface area (Å²) >= 11 is 0. The van der Waals surface area contributed by atoms with Gasteiger partial charge in [-0.3, -0.25) is 4.79 Å². The first-order valence-electron chi connectivity index (χ1n) is 6.02. The van der Waals surface area contributed by atoms with E-state index in [1.165, 1.54) is 28.9 Å². The van der Waals surface area contributed by atoms with Crippen molar-refractivity contribution in [2.45, 2.75) is 6.92 Å². The third-order valence-electron chi connectivity index (χ3n) is 2.80. The highest BCUT2D eigenvalue weighted by Gasteiger charge is 2.12. The lowest BCUT2D eigenvalue weighted by atomic mass is 10.3. The van der Waals surface area contributed by atoms with Crippen LogP contribution in [0.3, 0.4) is 0 Å². The van der Waals surface area contributed by atoms with E-state index in [1.54, 1.807) is 18.2 Å². The quantitative estimate of drug-likeness (QED) is 0.778. The fourth-order valence-electron chi connectivity index (χ4n) is 1.94. The van der Waals surface area contributed by atoms with Gasteiger partial charge in [0.2, 0.25) is 0 Å². The first-order valence-corrected chi connectivity index (χ1v) is 6.02. The lowest BCUT2D eigenvalue weighted by Gasteiger charge is -2.06. The second-order valence-electron chi connectivity index (χ2n) is 4.35. The molecule has 0 saturated heterocycles. The molecule has 0 aliphatic carbocycles. The molecule has 2 aromatic heterocycles. The number of fused-ring (bicyclic) bond motifs is 1. The molecular weight excluding hydrogens is 259 g/mol. The van der Waals surface area contributed by atoms with E-state index in [0.717, 1.165) is 5.69 Å². The molecule has 0 aliphatic heterocycles. The SMILES string of the molecule is Cc1cc2nccc(C(=O)Nc3cccc(F)c3)n2n1. The highest BCUT2D eigenvalue weighted by atomic mass is 19.1. The molecule has 0 fully saturated rings. The van der Waals surface area contributed by atoms with Crippen LogP contribution in [0.4, 0.5) is 10.1 Å². The minimum absolute atomic E-state index is 0.340. The van der Waals surface area contributed by atoms with Crippen molar-refractivity contribution in [3.8, 4) is 0 Å². The van der Waals surface area contributed by atoms with E-state index in [0.29, 0.717) is 17.0 Å². The number of anilines is 1. The van der Waals surface area contributed by atoms with Gasteiger partial charge in [0.25, 0.3) is 5.91 Å². The number of amides is 1. The molecule has 100 valence electrons. The molecule has 1 N–H and O–H groups in total. The second kappa shape index (κ2) is 4.73. The molecule has 20 heavy (non-hydrogen) atoms. The van der Waals surface area contributed by atoms with E-state index in [2.05, 4.69) is 15.4 Å². The average Bonchev–Trinajstić information content (AvgIpc) is 2.78. The minimum atomic E-state index is -0.405. The van der Waals surface area contributed by atoms with Gasteiger partial charge >= 0.3 is 0 Å². The Hall–Kier alpha value is -2.76. The number of nitrogens with zero attached hydrogens (tertiary/aromatic N) is 3. The number of aryl methyl sites for hydroxylation is 1.